The van der Waals surface area contributed by atoms with Crippen LogP contribution in [0.5, 0.6) is 0 Å². The van der Waals surface area contributed by atoms with E-state index in [9.17, 15) is 8.42 Å². The number of nitrogens with zero attached hydrogens (tertiary/aromatic N) is 4. The van der Waals surface area contributed by atoms with E-state index in [-0.39, 0.29) is 10.3 Å². The molecule has 0 radical (unpaired) electrons. The Bertz CT molecular complexity index is 892. The van der Waals surface area contributed by atoms with Crippen LogP contribution in [-0.2, 0) is 21.7 Å². The van der Waals surface area contributed by atoms with E-state index in [2.05, 4.69) is 25.1 Å². The van der Waals surface area contributed by atoms with Gasteiger partial charge in [0.05, 0.1) is 12.4 Å². The molecule has 128 valence electrons. The highest BCUT2D eigenvalue weighted by molar-refractivity contribution is 7.90. The maximum atomic E-state index is 12.2. The fourth-order valence-electron chi connectivity index (χ4n) is 4.11. The van der Waals surface area contributed by atoms with Crippen molar-refractivity contribution in [2.45, 2.75) is 42.9 Å². The van der Waals surface area contributed by atoms with E-state index < -0.39 is 9.84 Å². The normalized spacial score (nSPS) is 23.7. The number of hydrogen-bond acceptors (Lipinski definition) is 6. The van der Waals surface area contributed by atoms with Crippen molar-refractivity contribution in [3.8, 4) is 0 Å². The van der Waals surface area contributed by atoms with E-state index in [1.807, 2.05) is 6.20 Å². The molecule has 24 heavy (non-hydrogen) atoms. The van der Waals surface area contributed by atoms with Crippen molar-refractivity contribution in [1.82, 2.24) is 20.2 Å². The zero-order valence-corrected chi connectivity index (χ0v) is 14.7. The predicted octanol–water partition coefficient (Wildman–Crippen LogP) is 1.40. The van der Waals surface area contributed by atoms with Crippen LogP contribution in [-0.4, -0.2) is 47.9 Å². The number of aryl methyl sites for hydroxylation is 2. The Morgan fingerprint density at radius 3 is 2.92 bits per heavy atom. The van der Waals surface area contributed by atoms with Crippen molar-refractivity contribution < 1.29 is 8.42 Å². The van der Waals surface area contributed by atoms with Gasteiger partial charge in [0, 0.05) is 30.5 Å². The van der Waals surface area contributed by atoms with E-state index in [4.69, 9.17) is 0 Å². The number of fused-ring (bicyclic) bond motifs is 2. The molecule has 3 heterocycles. The van der Waals surface area contributed by atoms with Crippen molar-refractivity contribution in [3.05, 3.63) is 29.5 Å². The first-order valence-electron chi connectivity index (χ1n) is 8.20. The van der Waals surface area contributed by atoms with E-state index in [0.29, 0.717) is 11.6 Å². The summed E-state index contributed by atoms with van der Waals surface area (Å²) in [6, 6.07) is 0. The minimum Gasteiger partial charge on any atom is -0.354 e. The van der Waals surface area contributed by atoms with Gasteiger partial charge in [0.2, 0.25) is 0 Å². The molecule has 7 nitrogen and oxygen atoms in total. The van der Waals surface area contributed by atoms with Gasteiger partial charge in [-0.05, 0) is 38.2 Å². The number of anilines is 1. The Balaban J connectivity index is 1.75. The van der Waals surface area contributed by atoms with Gasteiger partial charge in [-0.2, -0.15) is 5.10 Å². The molecule has 2 aromatic rings. The van der Waals surface area contributed by atoms with Gasteiger partial charge in [0.15, 0.2) is 15.7 Å². The lowest BCUT2D eigenvalue weighted by Crippen LogP contribution is -2.46. The number of aromatic amines is 1. The summed E-state index contributed by atoms with van der Waals surface area (Å²) in [5.74, 6) is 1.13. The summed E-state index contributed by atoms with van der Waals surface area (Å²) in [5, 5.41) is 7.38. The second-order valence-corrected chi connectivity index (χ2v) is 8.94. The Kier molecular flexibility index (Phi) is 3.42. The van der Waals surface area contributed by atoms with Crippen molar-refractivity contribution in [2.24, 2.45) is 0 Å². The first kappa shape index (κ1) is 15.6. The molecule has 1 aliphatic heterocycles. The van der Waals surface area contributed by atoms with Crippen molar-refractivity contribution in [3.63, 3.8) is 0 Å². The molecule has 0 saturated carbocycles. The summed E-state index contributed by atoms with van der Waals surface area (Å²) in [4.78, 5) is 10.9. The third-order valence-corrected chi connectivity index (χ3v) is 6.34. The zero-order chi connectivity index (χ0) is 16.9. The highest BCUT2D eigenvalue weighted by atomic mass is 32.2. The molecule has 1 saturated heterocycles. The van der Waals surface area contributed by atoms with E-state index >= 15 is 0 Å². The molecule has 2 aromatic heterocycles. The van der Waals surface area contributed by atoms with Crippen LogP contribution in [0, 0.1) is 6.92 Å². The summed E-state index contributed by atoms with van der Waals surface area (Å²) >= 11 is 0. The Morgan fingerprint density at radius 2 is 2.12 bits per heavy atom. The van der Waals surface area contributed by atoms with Crippen LogP contribution >= 0.6 is 0 Å². The Hall–Kier alpha value is -1.96. The van der Waals surface area contributed by atoms with Gasteiger partial charge in [-0.15, -0.1) is 0 Å². The molecule has 0 amide bonds. The number of sulfone groups is 1. The topological polar surface area (TPSA) is 91.8 Å². The lowest BCUT2D eigenvalue weighted by Gasteiger charge is -2.41. The average molecular weight is 347 g/mol. The number of nitrogens with one attached hydrogen (secondary N) is 1. The molecule has 2 aliphatic rings. The molecule has 1 N–H and O–H groups in total. The number of aromatic nitrogens is 4. The standard InChI is InChI=1S/C16H21N5O2S/c1-11-17-9-13(24(2,22)23)15(19-11)21-7-3-5-16(10-21)6-4-12-8-18-20-14(12)16/h8-9H,3-7,10H2,1-2H3,(H,18,20). The summed E-state index contributed by atoms with van der Waals surface area (Å²) in [7, 11) is -3.37. The van der Waals surface area contributed by atoms with Crippen LogP contribution in [0.3, 0.4) is 0 Å². The molecule has 1 unspecified atom stereocenters. The predicted molar refractivity (Wildman–Crippen MR) is 89.9 cm³/mol. The van der Waals surface area contributed by atoms with Gasteiger partial charge < -0.3 is 4.90 Å². The maximum absolute atomic E-state index is 12.2. The van der Waals surface area contributed by atoms with Crippen LogP contribution < -0.4 is 4.90 Å². The molecule has 4 rings (SSSR count). The summed E-state index contributed by atoms with van der Waals surface area (Å²) in [6.07, 6.45) is 8.77. The van der Waals surface area contributed by atoms with Crippen LogP contribution in [0.1, 0.15) is 36.3 Å². The van der Waals surface area contributed by atoms with E-state index in [1.54, 1.807) is 6.92 Å². The van der Waals surface area contributed by atoms with Gasteiger partial charge in [-0.3, -0.25) is 5.10 Å². The molecule has 8 heteroatoms. The molecule has 0 aromatic carbocycles. The number of rotatable bonds is 2. The van der Waals surface area contributed by atoms with Crippen LogP contribution in [0.15, 0.2) is 17.3 Å². The van der Waals surface area contributed by atoms with E-state index in [1.165, 1.54) is 23.7 Å². The molecule has 0 bridgehead atoms. The monoisotopic (exact) mass is 347 g/mol. The minimum absolute atomic E-state index is 0.0255. The van der Waals surface area contributed by atoms with Gasteiger partial charge in [-0.25, -0.2) is 18.4 Å². The maximum Gasteiger partial charge on any atom is 0.180 e. The highest BCUT2D eigenvalue weighted by Gasteiger charge is 2.44. The number of piperidine rings is 1. The average Bonchev–Trinajstić information content (AvgIpc) is 3.11. The third-order valence-electron chi connectivity index (χ3n) is 5.25. The Morgan fingerprint density at radius 1 is 1.29 bits per heavy atom. The lowest BCUT2D eigenvalue weighted by molar-refractivity contribution is 0.330. The van der Waals surface area contributed by atoms with Crippen molar-refractivity contribution >= 4 is 15.7 Å². The second-order valence-electron chi connectivity index (χ2n) is 6.95. The minimum atomic E-state index is -3.37. The molecule has 1 spiro atoms. The molecule has 1 fully saturated rings. The Labute approximate surface area is 141 Å². The fraction of sp³-hybridized carbons (Fsp3) is 0.562. The lowest BCUT2D eigenvalue weighted by atomic mass is 9.77. The first-order valence-corrected chi connectivity index (χ1v) is 10.1. The first-order chi connectivity index (χ1) is 11.4. The van der Waals surface area contributed by atoms with Crippen molar-refractivity contribution in [1.29, 1.82) is 0 Å². The van der Waals surface area contributed by atoms with Gasteiger partial charge in [0.1, 0.15) is 10.7 Å². The fourth-order valence-corrected chi connectivity index (χ4v) is 4.87. The molecule has 1 aliphatic carbocycles. The van der Waals surface area contributed by atoms with Gasteiger partial charge >= 0.3 is 0 Å². The summed E-state index contributed by atoms with van der Waals surface area (Å²) in [6.45, 7) is 3.36. The third kappa shape index (κ3) is 2.40. The summed E-state index contributed by atoms with van der Waals surface area (Å²) < 4.78 is 24.3. The van der Waals surface area contributed by atoms with Gasteiger partial charge in [0.25, 0.3) is 0 Å². The molecular weight excluding hydrogens is 326 g/mol. The van der Waals surface area contributed by atoms with Crippen LogP contribution in [0.4, 0.5) is 5.82 Å². The number of hydrogen-bond donors (Lipinski definition) is 1. The molecule has 1 atom stereocenters. The van der Waals surface area contributed by atoms with Gasteiger partial charge in [-0.1, -0.05) is 0 Å². The summed E-state index contributed by atoms with van der Waals surface area (Å²) in [5.41, 5.74) is 2.54. The quantitative estimate of drug-likeness (QED) is 0.883. The zero-order valence-electron chi connectivity index (χ0n) is 13.9. The largest absolute Gasteiger partial charge is 0.354 e. The van der Waals surface area contributed by atoms with Crippen LogP contribution in [0.25, 0.3) is 0 Å². The smallest absolute Gasteiger partial charge is 0.180 e. The SMILES string of the molecule is Cc1ncc(S(C)(=O)=O)c(N2CCCC3(CCc4cn[nH]c43)C2)n1. The van der Waals surface area contributed by atoms with Crippen molar-refractivity contribution in [2.75, 3.05) is 24.2 Å². The highest BCUT2D eigenvalue weighted by Crippen LogP contribution is 2.45. The van der Waals surface area contributed by atoms with E-state index in [0.717, 1.165) is 38.8 Å². The van der Waals surface area contributed by atoms with Crippen LogP contribution in [0.2, 0.25) is 0 Å². The second kappa shape index (κ2) is 5.27. The number of H-pyrrole nitrogens is 1. The molecular formula is C16H21N5O2S.